The van der Waals surface area contributed by atoms with Gasteiger partial charge in [-0.15, -0.1) is 0 Å². The number of aromatic nitrogens is 1. The number of pyridine rings is 1. The first kappa shape index (κ1) is 20.5. The van der Waals surface area contributed by atoms with Gasteiger partial charge in [-0.3, -0.25) is 19.5 Å². The van der Waals surface area contributed by atoms with Gasteiger partial charge in [0.2, 0.25) is 11.8 Å². The first-order chi connectivity index (χ1) is 13.6. The lowest BCUT2D eigenvalue weighted by Gasteiger charge is -2.22. The number of hydrogen-bond acceptors (Lipinski definition) is 4. The van der Waals surface area contributed by atoms with Crippen LogP contribution in [0.3, 0.4) is 0 Å². The molecule has 1 aromatic carbocycles. The molecule has 3 rings (SSSR count). The minimum atomic E-state index is 0.0174. The molecule has 0 aliphatic carbocycles. The molecular weight excluding hydrogens is 420 g/mol. The monoisotopic (exact) mass is 444 g/mol. The van der Waals surface area contributed by atoms with Crippen molar-refractivity contribution in [3.8, 4) is 0 Å². The molecule has 0 bridgehead atoms. The Balaban J connectivity index is 1.43. The zero-order valence-corrected chi connectivity index (χ0v) is 17.4. The highest BCUT2D eigenvalue weighted by Gasteiger charge is 2.20. The number of benzene rings is 1. The summed E-state index contributed by atoms with van der Waals surface area (Å²) >= 11 is 3.39. The SMILES string of the molecule is O=C(CN1CCCN(C(=O)Cc2cncc(Br)c2)CC1)NCc1ccccc1. The fraction of sp³-hybridized carbons (Fsp3) is 0.381. The van der Waals surface area contributed by atoms with Crippen molar-refractivity contribution in [2.75, 3.05) is 32.7 Å². The van der Waals surface area contributed by atoms with Gasteiger partial charge in [0.05, 0.1) is 13.0 Å². The third kappa shape index (κ3) is 6.42. The molecule has 2 amide bonds. The lowest BCUT2D eigenvalue weighted by atomic mass is 10.2. The molecule has 6 nitrogen and oxygen atoms in total. The van der Waals surface area contributed by atoms with Crippen LogP contribution >= 0.6 is 15.9 Å². The summed E-state index contributed by atoms with van der Waals surface area (Å²) in [5.41, 5.74) is 1.99. The summed E-state index contributed by atoms with van der Waals surface area (Å²) < 4.78 is 0.876. The van der Waals surface area contributed by atoms with Gasteiger partial charge >= 0.3 is 0 Å². The quantitative estimate of drug-likeness (QED) is 0.741. The fourth-order valence-electron chi connectivity index (χ4n) is 3.27. The molecule has 0 unspecified atom stereocenters. The Kier molecular flexibility index (Phi) is 7.56. The number of amides is 2. The molecule has 2 heterocycles. The molecule has 2 aromatic rings. The van der Waals surface area contributed by atoms with Crippen molar-refractivity contribution in [1.82, 2.24) is 20.1 Å². The largest absolute Gasteiger partial charge is 0.351 e. The Morgan fingerprint density at radius 2 is 1.86 bits per heavy atom. The van der Waals surface area contributed by atoms with Gasteiger partial charge in [-0.25, -0.2) is 0 Å². The van der Waals surface area contributed by atoms with E-state index in [2.05, 4.69) is 31.1 Å². The summed E-state index contributed by atoms with van der Waals surface area (Å²) in [7, 11) is 0. The molecule has 0 saturated carbocycles. The van der Waals surface area contributed by atoms with E-state index in [1.54, 1.807) is 12.4 Å². The Morgan fingerprint density at radius 3 is 2.64 bits per heavy atom. The Morgan fingerprint density at radius 1 is 1.04 bits per heavy atom. The maximum absolute atomic E-state index is 12.6. The highest BCUT2D eigenvalue weighted by molar-refractivity contribution is 9.10. The van der Waals surface area contributed by atoms with Crippen molar-refractivity contribution in [1.29, 1.82) is 0 Å². The van der Waals surface area contributed by atoms with Gasteiger partial charge in [0.25, 0.3) is 0 Å². The molecule has 0 radical (unpaired) electrons. The molecule has 1 aromatic heterocycles. The number of halogens is 1. The second-order valence-electron chi connectivity index (χ2n) is 6.96. The maximum Gasteiger partial charge on any atom is 0.234 e. The van der Waals surface area contributed by atoms with E-state index in [9.17, 15) is 9.59 Å². The Bertz CT molecular complexity index is 800. The average Bonchev–Trinajstić information content (AvgIpc) is 2.93. The maximum atomic E-state index is 12.6. The smallest absolute Gasteiger partial charge is 0.234 e. The van der Waals surface area contributed by atoms with Crippen LogP contribution in [0, 0.1) is 0 Å². The molecule has 1 N–H and O–H groups in total. The van der Waals surface area contributed by atoms with E-state index >= 15 is 0 Å². The van der Waals surface area contributed by atoms with Crippen molar-refractivity contribution in [2.45, 2.75) is 19.4 Å². The third-order valence-electron chi connectivity index (χ3n) is 4.76. The van der Waals surface area contributed by atoms with Crippen LogP contribution in [-0.4, -0.2) is 59.3 Å². The van der Waals surface area contributed by atoms with Crippen molar-refractivity contribution in [2.24, 2.45) is 0 Å². The number of carbonyl (C=O) groups excluding carboxylic acids is 2. The molecule has 0 spiro atoms. The van der Waals surface area contributed by atoms with Gasteiger partial charge in [0.1, 0.15) is 0 Å². The van der Waals surface area contributed by atoms with Crippen molar-refractivity contribution >= 4 is 27.7 Å². The van der Waals surface area contributed by atoms with Crippen molar-refractivity contribution in [3.63, 3.8) is 0 Å². The second kappa shape index (κ2) is 10.3. The van der Waals surface area contributed by atoms with Gasteiger partial charge in [-0.2, -0.15) is 0 Å². The van der Waals surface area contributed by atoms with Gasteiger partial charge in [0, 0.05) is 49.6 Å². The van der Waals surface area contributed by atoms with Crippen LogP contribution in [0.4, 0.5) is 0 Å². The van der Waals surface area contributed by atoms with Crippen LogP contribution in [0.2, 0.25) is 0 Å². The van der Waals surface area contributed by atoms with E-state index in [0.717, 1.165) is 35.1 Å². The standard InChI is InChI=1S/C21H25BrN4O2/c22-19-11-18(13-23-15-19)12-21(28)26-8-4-7-25(9-10-26)16-20(27)24-14-17-5-2-1-3-6-17/h1-3,5-6,11,13,15H,4,7-10,12,14,16H2,(H,24,27). The van der Waals surface area contributed by atoms with Crippen molar-refractivity contribution in [3.05, 3.63) is 64.4 Å². The first-order valence-electron chi connectivity index (χ1n) is 9.50. The summed E-state index contributed by atoms with van der Waals surface area (Å²) in [6.45, 7) is 3.81. The minimum Gasteiger partial charge on any atom is -0.351 e. The normalized spacial score (nSPS) is 15.1. The fourth-order valence-corrected chi connectivity index (χ4v) is 3.69. The molecule has 1 saturated heterocycles. The van der Waals surface area contributed by atoms with Crippen molar-refractivity contribution < 1.29 is 9.59 Å². The highest BCUT2D eigenvalue weighted by atomic mass is 79.9. The van der Waals surface area contributed by atoms with Crippen LogP contribution in [-0.2, 0) is 22.6 Å². The summed E-state index contributed by atoms with van der Waals surface area (Å²) in [5.74, 6) is 0.124. The van der Waals surface area contributed by atoms with E-state index in [1.165, 1.54) is 0 Å². The van der Waals surface area contributed by atoms with E-state index in [0.29, 0.717) is 32.6 Å². The van der Waals surface area contributed by atoms with E-state index in [4.69, 9.17) is 0 Å². The van der Waals surface area contributed by atoms with Gasteiger partial charge in [-0.1, -0.05) is 30.3 Å². The van der Waals surface area contributed by atoms with E-state index in [1.807, 2.05) is 41.3 Å². The molecule has 1 aliphatic heterocycles. The zero-order chi connectivity index (χ0) is 19.8. The Labute approximate surface area is 174 Å². The minimum absolute atomic E-state index is 0.0174. The lowest BCUT2D eigenvalue weighted by Crippen LogP contribution is -2.40. The summed E-state index contributed by atoms with van der Waals surface area (Å²) in [6.07, 6.45) is 4.66. The molecule has 1 fully saturated rings. The second-order valence-corrected chi connectivity index (χ2v) is 7.88. The van der Waals surface area contributed by atoms with Gasteiger partial charge < -0.3 is 10.2 Å². The summed E-state index contributed by atoms with van der Waals surface area (Å²) in [6, 6.07) is 11.8. The topological polar surface area (TPSA) is 65.5 Å². The highest BCUT2D eigenvalue weighted by Crippen LogP contribution is 2.12. The average molecular weight is 445 g/mol. The predicted molar refractivity (Wildman–Crippen MR) is 112 cm³/mol. The molecule has 1 aliphatic rings. The van der Waals surface area contributed by atoms with E-state index in [-0.39, 0.29) is 11.8 Å². The van der Waals surface area contributed by atoms with Gasteiger partial charge in [-0.05, 0) is 39.5 Å². The van der Waals surface area contributed by atoms with Crippen LogP contribution in [0.5, 0.6) is 0 Å². The number of nitrogens with zero attached hydrogens (tertiary/aromatic N) is 3. The number of rotatable bonds is 6. The summed E-state index contributed by atoms with van der Waals surface area (Å²) in [5, 5.41) is 2.97. The van der Waals surface area contributed by atoms with Gasteiger partial charge in [0.15, 0.2) is 0 Å². The molecular formula is C21H25BrN4O2. The summed E-state index contributed by atoms with van der Waals surface area (Å²) in [4.78, 5) is 33.0. The van der Waals surface area contributed by atoms with Crippen LogP contribution < -0.4 is 5.32 Å². The molecule has 7 heteroatoms. The zero-order valence-electron chi connectivity index (χ0n) is 15.8. The number of hydrogen-bond donors (Lipinski definition) is 1. The Hall–Kier alpha value is -2.25. The van der Waals surface area contributed by atoms with E-state index < -0.39 is 0 Å². The lowest BCUT2D eigenvalue weighted by molar-refractivity contribution is -0.130. The number of nitrogens with one attached hydrogen (secondary N) is 1. The van der Waals surface area contributed by atoms with Crippen LogP contribution in [0.25, 0.3) is 0 Å². The third-order valence-corrected chi connectivity index (χ3v) is 5.19. The van der Waals surface area contributed by atoms with Crippen LogP contribution in [0.1, 0.15) is 17.5 Å². The molecule has 148 valence electrons. The number of carbonyl (C=O) groups is 2. The predicted octanol–water partition coefficient (Wildman–Crippen LogP) is 2.24. The first-order valence-corrected chi connectivity index (χ1v) is 10.3. The molecule has 0 atom stereocenters. The molecule has 28 heavy (non-hydrogen) atoms. The van der Waals surface area contributed by atoms with Crippen LogP contribution in [0.15, 0.2) is 53.3 Å².